The van der Waals surface area contributed by atoms with Crippen molar-refractivity contribution in [1.82, 2.24) is 29.5 Å². The van der Waals surface area contributed by atoms with E-state index in [0.29, 0.717) is 40.9 Å². The number of anilines is 1. The second-order valence-corrected chi connectivity index (χ2v) is 9.52. The molecule has 0 spiro atoms. The van der Waals surface area contributed by atoms with Crippen LogP contribution < -0.4 is 10.9 Å². The molecule has 0 atom stereocenters. The summed E-state index contributed by atoms with van der Waals surface area (Å²) in [5.41, 5.74) is 2.41. The first-order chi connectivity index (χ1) is 19.0. The molecule has 0 amide bonds. The fourth-order valence-electron chi connectivity index (χ4n) is 3.98. The van der Waals surface area contributed by atoms with Crippen LogP contribution in [0.2, 0.25) is 0 Å². The molecule has 12 heteroatoms. The highest BCUT2D eigenvalue weighted by atomic mass is 32.2. The van der Waals surface area contributed by atoms with E-state index in [0.717, 1.165) is 17.6 Å². The zero-order chi connectivity index (χ0) is 27.2. The van der Waals surface area contributed by atoms with Gasteiger partial charge in [0, 0.05) is 18.8 Å². The van der Waals surface area contributed by atoms with Crippen molar-refractivity contribution in [3.63, 3.8) is 0 Å². The quantitative estimate of drug-likeness (QED) is 0.100. The molecule has 0 aliphatic carbocycles. The molecule has 0 saturated carbocycles. The molecule has 2 aromatic carbocycles. The summed E-state index contributed by atoms with van der Waals surface area (Å²) in [5, 5.41) is 13.0. The lowest BCUT2D eigenvalue weighted by Crippen LogP contribution is -2.10. The number of imidazole rings is 1. The van der Waals surface area contributed by atoms with Crippen LogP contribution >= 0.6 is 11.8 Å². The molecule has 3 N–H and O–H groups in total. The van der Waals surface area contributed by atoms with Crippen molar-refractivity contribution in [3.8, 4) is 11.3 Å². The van der Waals surface area contributed by atoms with E-state index in [9.17, 15) is 14.7 Å². The van der Waals surface area contributed by atoms with Crippen molar-refractivity contribution in [2.24, 2.45) is 0 Å². The van der Waals surface area contributed by atoms with Gasteiger partial charge in [-0.25, -0.2) is 29.6 Å². The summed E-state index contributed by atoms with van der Waals surface area (Å²) in [6, 6.07) is 16.1. The van der Waals surface area contributed by atoms with Crippen LogP contribution in [0.5, 0.6) is 0 Å². The number of nitrogens with one attached hydrogen (secondary N) is 2. The zero-order valence-electron chi connectivity index (χ0n) is 20.5. The Hall–Kier alpha value is -5.02. The number of aromatic nitrogens is 6. The minimum absolute atomic E-state index is 0.0505. The average molecular weight is 539 g/mol. The average Bonchev–Trinajstić information content (AvgIpc) is 3.38. The Kier molecular flexibility index (Phi) is 7.60. The number of H-pyrrole nitrogens is 1. The maximum Gasteiger partial charge on any atom is 0.335 e. The molecule has 0 radical (unpaired) electrons. The number of thioether (sulfide) groups is 1. The molecule has 11 nitrogen and oxygen atoms in total. The Bertz CT molecular complexity index is 1740. The first kappa shape index (κ1) is 25.6. The molecule has 0 saturated heterocycles. The lowest BCUT2D eigenvalue weighted by Gasteiger charge is -2.08. The Morgan fingerprint density at radius 3 is 2.77 bits per heavy atom. The smallest absolute Gasteiger partial charge is 0.335 e. The van der Waals surface area contributed by atoms with E-state index in [-0.39, 0.29) is 16.9 Å². The van der Waals surface area contributed by atoms with Gasteiger partial charge in [-0.1, -0.05) is 54.2 Å². The highest BCUT2D eigenvalue weighted by Gasteiger charge is 2.16. The largest absolute Gasteiger partial charge is 0.478 e. The van der Waals surface area contributed by atoms with Gasteiger partial charge in [0.25, 0.3) is 11.2 Å². The monoisotopic (exact) mass is 538 g/mol. The SMILES string of the molecule is [C-]#[N+]c1c(-c2cccc(C(=O)O)c2)nc(SCCCn2cnc3c(NCc4ccccc4)ncnc32)[nH]c1=O. The summed E-state index contributed by atoms with van der Waals surface area (Å²) in [7, 11) is 0. The summed E-state index contributed by atoms with van der Waals surface area (Å²) in [4.78, 5) is 47.6. The molecule has 0 aliphatic rings. The van der Waals surface area contributed by atoms with Crippen molar-refractivity contribution >= 4 is 40.4 Å². The van der Waals surface area contributed by atoms with Gasteiger partial charge in [0.1, 0.15) is 11.8 Å². The van der Waals surface area contributed by atoms with Crippen molar-refractivity contribution in [1.29, 1.82) is 0 Å². The maximum atomic E-state index is 12.6. The van der Waals surface area contributed by atoms with Gasteiger partial charge < -0.3 is 20.0 Å². The van der Waals surface area contributed by atoms with Gasteiger partial charge in [-0.05, 0) is 29.7 Å². The number of carboxylic acid groups (broad SMARTS) is 1. The van der Waals surface area contributed by atoms with E-state index in [1.807, 2.05) is 34.9 Å². The maximum absolute atomic E-state index is 12.6. The fraction of sp³-hybridized carbons (Fsp3) is 0.148. The van der Waals surface area contributed by atoms with Gasteiger partial charge in [0.2, 0.25) is 0 Å². The second kappa shape index (κ2) is 11.6. The van der Waals surface area contributed by atoms with Crippen LogP contribution in [-0.2, 0) is 13.1 Å². The Morgan fingerprint density at radius 1 is 1.13 bits per heavy atom. The molecule has 3 aromatic heterocycles. The van der Waals surface area contributed by atoms with Crippen LogP contribution in [0, 0.1) is 6.57 Å². The third kappa shape index (κ3) is 5.78. The second-order valence-electron chi connectivity index (χ2n) is 8.44. The van der Waals surface area contributed by atoms with E-state index in [1.54, 1.807) is 18.5 Å². The number of fused-ring (bicyclic) bond motifs is 1. The summed E-state index contributed by atoms with van der Waals surface area (Å²) in [5.74, 6) is 0.189. The molecule has 5 aromatic rings. The molecular weight excluding hydrogens is 516 g/mol. The number of aromatic carboxylic acids is 1. The summed E-state index contributed by atoms with van der Waals surface area (Å²) >= 11 is 1.34. The van der Waals surface area contributed by atoms with Crippen LogP contribution in [-0.4, -0.2) is 46.3 Å². The first-order valence-electron chi connectivity index (χ1n) is 12.0. The Labute approximate surface area is 226 Å². The lowest BCUT2D eigenvalue weighted by atomic mass is 10.1. The van der Waals surface area contributed by atoms with Crippen LogP contribution in [0.3, 0.4) is 0 Å². The van der Waals surface area contributed by atoms with Gasteiger partial charge >= 0.3 is 5.97 Å². The van der Waals surface area contributed by atoms with Crippen molar-refractivity contribution in [3.05, 3.63) is 100 Å². The standard InChI is InChI=1S/C27H22N8O3S/c1-28-21-20(18-9-5-10-19(13-18)26(37)38)33-27(34-25(21)36)39-12-6-11-35-16-32-22-23(30-15-31-24(22)35)29-14-17-7-3-2-4-8-17/h2-5,7-10,13,15-16H,6,11-12,14H2,(H,37,38)(H,29,30,31)(H,33,34,36). The lowest BCUT2D eigenvalue weighted by molar-refractivity contribution is 0.0697. The number of aromatic amines is 1. The van der Waals surface area contributed by atoms with E-state index in [1.165, 1.54) is 30.2 Å². The topological polar surface area (TPSA) is 143 Å². The molecule has 5 rings (SSSR count). The number of nitrogens with zero attached hydrogens (tertiary/aromatic N) is 6. The summed E-state index contributed by atoms with van der Waals surface area (Å²) in [6.45, 7) is 8.66. The Morgan fingerprint density at radius 2 is 1.97 bits per heavy atom. The van der Waals surface area contributed by atoms with Crippen LogP contribution in [0.15, 0.2) is 77.2 Å². The third-order valence-electron chi connectivity index (χ3n) is 5.85. The van der Waals surface area contributed by atoms with Crippen LogP contribution in [0.4, 0.5) is 11.5 Å². The summed E-state index contributed by atoms with van der Waals surface area (Å²) in [6.07, 6.45) is 3.97. The van der Waals surface area contributed by atoms with Crippen molar-refractivity contribution in [2.45, 2.75) is 24.7 Å². The van der Waals surface area contributed by atoms with Gasteiger partial charge in [-0.3, -0.25) is 4.79 Å². The minimum atomic E-state index is -1.10. The first-order valence-corrected chi connectivity index (χ1v) is 12.9. The molecule has 0 bridgehead atoms. The van der Waals surface area contributed by atoms with E-state index < -0.39 is 11.5 Å². The molecule has 3 heterocycles. The normalized spacial score (nSPS) is 10.8. The number of hydrogen-bond donors (Lipinski definition) is 3. The Balaban J connectivity index is 1.26. The molecule has 194 valence electrons. The number of aryl methyl sites for hydroxylation is 1. The van der Waals surface area contributed by atoms with E-state index in [4.69, 9.17) is 6.57 Å². The molecule has 0 fully saturated rings. The number of hydrogen-bond acceptors (Lipinski definition) is 8. The molecular formula is C27H22N8O3S. The molecule has 0 aliphatic heterocycles. The minimum Gasteiger partial charge on any atom is -0.478 e. The van der Waals surface area contributed by atoms with E-state index >= 15 is 0 Å². The number of rotatable bonds is 10. The van der Waals surface area contributed by atoms with Crippen molar-refractivity contribution < 1.29 is 9.90 Å². The number of benzene rings is 2. The number of carbonyl (C=O) groups is 1. The molecule has 0 unspecified atom stereocenters. The van der Waals surface area contributed by atoms with Crippen LogP contribution in [0.25, 0.3) is 27.3 Å². The van der Waals surface area contributed by atoms with Gasteiger partial charge in [-0.15, -0.1) is 0 Å². The number of carboxylic acids is 1. The molecule has 39 heavy (non-hydrogen) atoms. The van der Waals surface area contributed by atoms with Gasteiger partial charge in [0.05, 0.1) is 24.2 Å². The highest BCUT2D eigenvalue weighted by molar-refractivity contribution is 7.99. The van der Waals surface area contributed by atoms with E-state index in [2.05, 4.69) is 35.1 Å². The summed E-state index contributed by atoms with van der Waals surface area (Å²) < 4.78 is 1.95. The predicted molar refractivity (Wildman–Crippen MR) is 148 cm³/mol. The third-order valence-corrected chi connectivity index (χ3v) is 6.81. The van der Waals surface area contributed by atoms with Gasteiger partial charge in [0.15, 0.2) is 16.6 Å². The zero-order valence-corrected chi connectivity index (χ0v) is 21.4. The van der Waals surface area contributed by atoms with Crippen LogP contribution in [0.1, 0.15) is 22.3 Å². The van der Waals surface area contributed by atoms with Crippen molar-refractivity contribution in [2.75, 3.05) is 11.1 Å². The predicted octanol–water partition coefficient (Wildman–Crippen LogP) is 4.62. The fourth-order valence-corrected chi connectivity index (χ4v) is 4.77. The van der Waals surface area contributed by atoms with Gasteiger partial charge in [-0.2, -0.15) is 0 Å². The highest BCUT2D eigenvalue weighted by Crippen LogP contribution is 2.28.